The zero-order valence-electron chi connectivity index (χ0n) is 13.9. The molecule has 3 aromatic rings. The summed E-state index contributed by atoms with van der Waals surface area (Å²) in [7, 11) is 0. The average Bonchev–Trinajstić information content (AvgIpc) is 2.89. The van der Waals surface area contributed by atoms with Gasteiger partial charge in [0.25, 0.3) is 5.03 Å². The first-order valence-corrected chi connectivity index (χ1v) is 9.54. The Bertz CT molecular complexity index is 920. The monoisotopic (exact) mass is 416 g/mol. The number of hydrogen-bond acceptors (Lipinski definition) is 3. The number of rotatable bonds is 5. The van der Waals surface area contributed by atoms with Crippen molar-refractivity contribution in [3.8, 4) is 5.69 Å². The van der Waals surface area contributed by atoms with E-state index in [1.807, 2.05) is 44.2 Å². The van der Waals surface area contributed by atoms with Crippen LogP contribution >= 0.6 is 27.7 Å². The van der Waals surface area contributed by atoms with Gasteiger partial charge in [0.1, 0.15) is 0 Å². The molecule has 0 fully saturated rings. The van der Waals surface area contributed by atoms with Gasteiger partial charge in [-0.15, -0.1) is 0 Å². The highest BCUT2D eigenvalue weighted by atomic mass is 79.9. The summed E-state index contributed by atoms with van der Waals surface area (Å²) in [6, 6.07) is 15.1. The van der Waals surface area contributed by atoms with Gasteiger partial charge in [0, 0.05) is 39.2 Å². The zero-order chi connectivity index (χ0) is 18.0. The molecule has 0 aliphatic heterocycles. The number of hydrogen-bond donors (Lipinski definition) is 0. The van der Waals surface area contributed by atoms with Gasteiger partial charge >= 0.3 is 0 Å². The second kappa shape index (κ2) is 7.45. The number of aryl methyl sites for hydroxylation is 1. The molecule has 2 aromatic heterocycles. The third-order valence-corrected chi connectivity index (χ3v) is 5.50. The third kappa shape index (κ3) is 3.80. The first-order chi connectivity index (χ1) is 12.0. The molecule has 0 bridgehead atoms. The Morgan fingerprint density at radius 3 is 2.60 bits per heavy atom. The maximum absolute atomic E-state index is 12.6. The molecule has 0 amide bonds. The third-order valence-electron chi connectivity index (χ3n) is 3.96. The van der Waals surface area contributed by atoms with Crippen LogP contribution in [0.1, 0.15) is 21.7 Å². The van der Waals surface area contributed by atoms with Crippen LogP contribution in [-0.2, 0) is 0 Å². The predicted molar refractivity (Wildman–Crippen MR) is 103 cm³/mol. The number of Topliss-reactive ketones (excluding diaryl/α,β-unsaturated/α-hetero) is 1. The molecule has 0 radical (unpaired) electrons. The first kappa shape index (κ1) is 17.8. The van der Waals surface area contributed by atoms with Crippen molar-refractivity contribution in [3.05, 3.63) is 81.4 Å². The minimum absolute atomic E-state index is 0.0188. The Labute approximate surface area is 159 Å². The van der Waals surface area contributed by atoms with E-state index in [2.05, 4.69) is 20.5 Å². The zero-order valence-corrected chi connectivity index (χ0v) is 16.3. The highest BCUT2D eigenvalue weighted by molar-refractivity contribution is 9.10. The number of halogens is 1. The average molecular weight is 417 g/mol. The summed E-state index contributed by atoms with van der Waals surface area (Å²) in [6.07, 6.45) is 1.44. The molecule has 0 atom stereocenters. The Morgan fingerprint density at radius 2 is 1.92 bits per heavy atom. The van der Waals surface area contributed by atoms with Crippen LogP contribution in [0, 0.1) is 19.1 Å². The van der Waals surface area contributed by atoms with Crippen molar-refractivity contribution in [2.45, 2.75) is 18.9 Å². The topological polar surface area (TPSA) is 48.9 Å². The SMILES string of the molecule is Cc1cc(C(=O)CSc2cccc[n+]2[O-])c(C)n1-c1ccc(Br)cc1. The van der Waals surface area contributed by atoms with Crippen molar-refractivity contribution >= 4 is 33.5 Å². The Balaban J connectivity index is 1.83. The molecule has 0 N–H and O–H groups in total. The molecule has 3 rings (SSSR count). The van der Waals surface area contributed by atoms with Gasteiger partial charge in [-0.3, -0.25) is 4.79 Å². The first-order valence-electron chi connectivity index (χ1n) is 7.76. The van der Waals surface area contributed by atoms with Gasteiger partial charge in [0.05, 0.1) is 5.75 Å². The molecule has 0 aliphatic carbocycles. The molecule has 0 aliphatic rings. The molecule has 4 nitrogen and oxygen atoms in total. The van der Waals surface area contributed by atoms with E-state index in [4.69, 9.17) is 0 Å². The molecule has 0 saturated heterocycles. The molecule has 2 heterocycles. The lowest BCUT2D eigenvalue weighted by Gasteiger charge is -2.10. The predicted octanol–water partition coefficient (Wildman–Crippen LogP) is 4.47. The quantitative estimate of drug-likeness (QED) is 0.267. The second-order valence-electron chi connectivity index (χ2n) is 5.67. The van der Waals surface area contributed by atoms with E-state index < -0.39 is 0 Å². The Morgan fingerprint density at radius 1 is 1.20 bits per heavy atom. The van der Waals surface area contributed by atoms with E-state index in [0.717, 1.165) is 26.3 Å². The lowest BCUT2D eigenvalue weighted by Crippen LogP contribution is -2.28. The minimum atomic E-state index is 0.0188. The van der Waals surface area contributed by atoms with Gasteiger partial charge in [-0.05, 0) is 62.0 Å². The molecular formula is C19H17BrN2O2S. The highest BCUT2D eigenvalue weighted by Gasteiger charge is 2.18. The summed E-state index contributed by atoms with van der Waals surface area (Å²) < 4.78 is 3.86. The molecule has 0 spiro atoms. The number of nitrogens with zero attached hydrogens (tertiary/aromatic N) is 2. The summed E-state index contributed by atoms with van der Waals surface area (Å²) in [5.41, 5.74) is 3.63. The van der Waals surface area contributed by atoms with Crippen LogP contribution in [0.4, 0.5) is 0 Å². The van der Waals surface area contributed by atoms with Crippen LogP contribution < -0.4 is 4.73 Å². The fraction of sp³-hybridized carbons (Fsp3) is 0.158. The molecule has 6 heteroatoms. The maximum atomic E-state index is 12.6. The van der Waals surface area contributed by atoms with Crippen molar-refractivity contribution in [2.75, 3.05) is 5.75 Å². The number of aromatic nitrogens is 2. The summed E-state index contributed by atoms with van der Waals surface area (Å²) in [5, 5.41) is 12.2. The maximum Gasteiger partial charge on any atom is 0.251 e. The molecular weight excluding hydrogens is 400 g/mol. The van der Waals surface area contributed by atoms with Crippen LogP contribution in [0.3, 0.4) is 0 Å². The highest BCUT2D eigenvalue weighted by Crippen LogP contribution is 2.24. The van der Waals surface area contributed by atoms with Crippen LogP contribution in [0.5, 0.6) is 0 Å². The molecule has 25 heavy (non-hydrogen) atoms. The van der Waals surface area contributed by atoms with Crippen LogP contribution in [0.15, 0.2) is 64.2 Å². The Kier molecular flexibility index (Phi) is 5.30. The fourth-order valence-electron chi connectivity index (χ4n) is 2.77. The number of benzene rings is 1. The van der Waals surface area contributed by atoms with Gasteiger partial charge in [0.15, 0.2) is 12.0 Å². The summed E-state index contributed by atoms with van der Waals surface area (Å²) in [4.78, 5) is 12.6. The Hall–Kier alpha value is -2.05. The summed E-state index contributed by atoms with van der Waals surface area (Å²) in [5.74, 6) is 0.252. The van der Waals surface area contributed by atoms with Gasteiger partial charge in [-0.2, -0.15) is 4.73 Å². The number of carbonyl (C=O) groups is 1. The van der Waals surface area contributed by atoms with Gasteiger partial charge in [0.2, 0.25) is 0 Å². The van der Waals surface area contributed by atoms with Crippen molar-refractivity contribution < 1.29 is 9.52 Å². The number of carbonyl (C=O) groups excluding carboxylic acids is 1. The molecule has 128 valence electrons. The van der Waals surface area contributed by atoms with Crippen molar-refractivity contribution in [1.29, 1.82) is 0 Å². The smallest absolute Gasteiger partial charge is 0.251 e. The van der Waals surface area contributed by atoms with Crippen LogP contribution in [0.25, 0.3) is 5.69 Å². The minimum Gasteiger partial charge on any atom is -0.618 e. The fourth-order valence-corrected chi connectivity index (χ4v) is 3.84. The largest absolute Gasteiger partial charge is 0.618 e. The van der Waals surface area contributed by atoms with Gasteiger partial charge in [-0.1, -0.05) is 15.9 Å². The number of pyridine rings is 1. The standard InChI is InChI=1S/C19H17BrN2O2S/c1-13-11-17(14(2)22(13)16-8-6-15(20)7-9-16)18(23)12-25-19-5-3-4-10-21(19)24/h3-11H,12H2,1-2H3. The van der Waals surface area contributed by atoms with E-state index in [0.29, 0.717) is 10.6 Å². The van der Waals surface area contributed by atoms with E-state index >= 15 is 0 Å². The summed E-state index contributed by atoms with van der Waals surface area (Å²) in [6.45, 7) is 3.94. The van der Waals surface area contributed by atoms with Crippen molar-refractivity contribution in [2.24, 2.45) is 0 Å². The molecule has 0 saturated carbocycles. The summed E-state index contributed by atoms with van der Waals surface area (Å²) >= 11 is 4.70. The van der Waals surface area contributed by atoms with Crippen molar-refractivity contribution in [1.82, 2.24) is 4.57 Å². The van der Waals surface area contributed by atoms with Crippen LogP contribution in [-0.4, -0.2) is 16.1 Å². The van der Waals surface area contributed by atoms with Gasteiger partial charge in [-0.25, -0.2) is 0 Å². The lowest BCUT2D eigenvalue weighted by molar-refractivity contribution is -0.645. The lowest BCUT2D eigenvalue weighted by atomic mass is 10.2. The van der Waals surface area contributed by atoms with Crippen LogP contribution in [0.2, 0.25) is 0 Å². The second-order valence-corrected chi connectivity index (χ2v) is 7.58. The van der Waals surface area contributed by atoms with E-state index in [1.54, 1.807) is 18.2 Å². The van der Waals surface area contributed by atoms with E-state index in [9.17, 15) is 10.0 Å². The van der Waals surface area contributed by atoms with Crippen molar-refractivity contribution in [3.63, 3.8) is 0 Å². The van der Waals surface area contributed by atoms with Gasteiger partial charge < -0.3 is 9.77 Å². The van der Waals surface area contributed by atoms with E-state index in [-0.39, 0.29) is 11.5 Å². The number of thioether (sulfide) groups is 1. The van der Waals surface area contributed by atoms with E-state index in [1.165, 1.54) is 18.0 Å². The molecule has 0 unspecified atom stereocenters. The molecule has 1 aromatic carbocycles. The number of ketones is 1. The normalized spacial score (nSPS) is 10.8.